The SMILES string of the molecule is N#C/C(=C\c1ccc(-c2ccccc2)o1)c1nc(-c2cccc([N+](=O)[O-])c2)cs1. The Morgan fingerprint density at radius 2 is 1.90 bits per heavy atom. The Balaban J connectivity index is 1.63. The van der Waals surface area contributed by atoms with Crippen LogP contribution in [0.5, 0.6) is 0 Å². The Morgan fingerprint density at radius 1 is 1.10 bits per heavy atom. The van der Waals surface area contributed by atoms with Gasteiger partial charge in [-0.1, -0.05) is 42.5 Å². The molecule has 0 amide bonds. The average molecular weight is 399 g/mol. The molecule has 0 unspecified atom stereocenters. The molecule has 2 aromatic carbocycles. The first-order valence-corrected chi connectivity index (χ1v) is 9.50. The van der Waals surface area contributed by atoms with Crippen molar-refractivity contribution in [1.29, 1.82) is 5.26 Å². The highest BCUT2D eigenvalue weighted by atomic mass is 32.1. The van der Waals surface area contributed by atoms with Crippen LogP contribution >= 0.6 is 11.3 Å². The summed E-state index contributed by atoms with van der Waals surface area (Å²) in [5.74, 6) is 1.26. The molecule has 0 saturated heterocycles. The lowest BCUT2D eigenvalue weighted by Crippen LogP contribution is -1.88. The highest BCUT2D eigenvalue weighted by Gasteiger charge is 2.13. The van der Waals surface area contributed by atoms with Gasteiger partial charge < -0.3 is 4.42 Å². The molecule has 140 valence electrons. The molecule has 2 heterocycles. The number of nitro benzene ring substituents is 1. The lowest BCUT2D eigenvalue weighted by atomic mass is 10.1. The van der Waals surface area contributed by atoms with Gasteiger partial charge in [0.05, 0.1) is 16.2 Å². The second-order valence-electron chi connectivity index (χ2n) is 6.08. The molecule has 0 aliphatic heterocycles. The van der Waals surface area contributed by atoms with Gasteiger partial charge in [-0.15, -0.1) is 11.3 Å². The molecule has 0 N–H and O–H groups in total. The Morgan fingerprint density at radius 3 is 2.66 bits per heavy atom. The number of rotatable bonds is 5. The minimum absolute atomic E-state index is 0.00266. The highest BCUT2D eigenvalue weighted by molar-refractivity contribution is 7.11. The lowest BCUT2D eigenvalue weighted by Gasteiger charge is -1.97. The summed E-state index contributed by atoms with van der Waals surface area (Å²) in [6, 6.07) is 21.8. The smallest absolute Gasteiger partial charge is 0.270 e. The number of benzene rings is 2. The summed E-state index contributed by atoms with van der Waals surface area (Å²) in [7, 11) is 0. The van der Waals surface area contributed by atoms with Crippen LogP contribution in [0, 0.1) is 21.4 Å². The van der Waals surface area contributed by atoms with Crippen molar-refractivity contribution < 1.29 is 9.34 Å². The first-order valence-electron chi connectivity index (χ1n) is 8.62. The number of nitro groups is 1. The van der Waals surface area contributed by atoms with Gasteiger partial charge in [0.15, 0.2) is 0 Å². The number of thiazole rings is 1. The summed E-state index contributed by atoms with van der Waals surface area (Å²) >= 11 is 1.30. The monoisotopic (exact) mass is 399 g/mol. The number of nitriles is 1. The third-order valence-electron chi connectivity index (χ3n) is 4.18. The predicted octanol–water partition coefficient (Wildman–Crippen LogP) is 6.04. The van der Waals surface area contributed by atoms with Gasteiger partial charge in [-0.3, -0.25) is 10.1 Å². The molecule has 29 heavy (non-hydrogen) atoms. The molecule has 0 fully saturated rings. The van der Waals surface area contributed by atoms with E-state index in [1.807, 2.05) is 36.4 Å². The maximum absolute atomic E-state index is 11.0. The second kappa shape index (κ2) is 7.92. The van der Waals surface area contributed by atoms with Crippen molar-refractivity contribution in [2.24, 2.45) is 0 Å². The molecular formula is C22H13N3O3S. The number of nitrogens with zero attached hydrogens (tertiary/aromatic N) is 3. The maximum atomic E-state index is 11.0. The summed E-state index contributed by atoms with van der Waals surface area (Å²) < 4.78 is 5.83. The van der Waals surface area contributed by atoms with Gasteiger partial charge in [0, 0.05) is 34.7 Å². The number of allylic oxidation sites excluding steroid dienone is 1. The van der Waals surface area contributed by atoms with E-state index < -0.39 is 4.92 Å². The van der Waals surface area contributed by atoms with E-state index in [4.69, 9.17) is 4.42 Å². The van der Waals surface area contributed by atoms with Crippen LogP contribution in [-0.2, 0) is 0 Å². The molecular weight excluding hydrogens is 386 g/mol. The van der Waals surface area contributed by atoms with E-state index in [0.717, 1.165) is 5.56 Å². The fraction of sp³-hybridized carbons (Fsp3) is 0. The molecule has 6 nitrogen and oxygen atoms in total. The van der Waals surface area contributed by atoms with Crippen LogP contribution in [0.25, 0.3) is 34.2 Å². The largest absolute Gasteiger partial charge is 0.457 e. The van der Waals surface area contributed by atoms with E-state index in [1.54, 1.807) is 29.7 Å². The summed E-state index contributed by atoms with van der Waals surface area (Å²) in [5, 5.41) is 22.9. The minimum Gasteiger partial charge on any atom is -0.457 e. The fourth-order valence-electron chi connectivity index (χ4n) is 2.78. The lowest BCUT2D eigenvalue weighted by molar-refractivity contribution is -0.384. The van der Waals surface area contributed by atoms with Crippen LogP contribution in [0.15, 0.2) is 76.5 Å². The normalized spacial score (nSPS) is 11.2. The van der Waals surface area contributed by atoms with Crippen molar-refractivity contribution in [1.82, 2.24) is 4.98 Å². The van der Waals surface area contributed by atoms with Gasteiger partial charge in [0.25, 0.3) is 5.69 Å². The molecule has 4 aromatic rings. The molecule has 0 atom stereocenters. The highest BCUT2D eigenvalue weighted by Crippen LogP contribution is 2.30. The Kier molecular flexibility index (Phi) is 5.01. The van der Waals surface area contributed by atoms with Crippen molar-refractivity contribution in [3.63, 3.8) is 0 Å². The van der Waals surface area contributed by atoms with E-state index in [9.17, 15) is 15.4 Å². The van der Waals surface area contributed by atoms with Crippen molar-refractivity contribution in [3.05, 3.63) is 93.0 Å². The number of aromatic nitrogens is 1. The topological polar surface area (TPSA) is 93.0 Å². The average Bonchev–Trinajstić information content (AvgIpc) is 3.43. The number of hydrogen-bond acceptors (Lipinski definition) is 6. The third kappa shape index (κ3) is 3.98. The van der Waals surface area contributed by atoms with Gasteiger partial charge >= 0.3 is 0 Å². The van der Waals surface area contributed by atoms with E-state index in [-0.39, 0.29) is 5.69 Å². The van der Waals surface area contributed by atoms with Crippen LogP contribution in [-0.4, -0.2) is 9.91 Å². The van der Waals surface area contributed by atoms with Crippen LogP contribution in [0.1, 0.15) is 10.8 Å². The minimum atomic E-state index is -0.446. The number of hydrogen-bond donors (Lipinski definition) is 0. The maximum Gasteiger partial charge on any atom is 0.270 e. The Bertz CT molecular complexity index is 1250. The van der Waals surface area contributed by atoms with Crippen molar-refractivity contribution in [2.75, 3.05) is 0 Å². The molecule has 4 rings (SSSR count). The van der Waals surface area contributed by atoms with Crippen LogP contribution in [0.2, 0.25) is 0 Å². The second-order valence-corrected chi connectivity index (χ2v) is 6.94. The molecule has 2 aromatic heterocycles. The molecule has 0 saturated carbocycles. The van der Waals surface area contributed by atoms with Crippen molar-refractivity contribution in [2.45, 2.75) is 0 Å². The van der Waals surface area contributed by atoms with E-state index >= 15 is 0 Å². The number of non-ortho nitro benzene ring substituents is 1. The van der Waals surface area contributed by atoms with E-state index in [1.165, 1.54) is 23.5 Å². The molecule has 0 spiro atoms. The van der Waals surface area contributed by atoms with Gasteiger partial charge in [-0.25, -0.2) is 4.98 Å². The molecule has 0 radical (unpaired) electrons. The predicted molar refractivity (Wildman–Crippen MR) is 112 cm³/mol. The fourth-order valence-corrected chi connectivity index (χ4v) is 3.58. The zero-order valence-electron chi connectivity index (χ0n) is 15.0. The summed E-state index contributed by atoms with van der Waals surface area (Å²) in [6.45, 7) is 0. The summed E-state index contributed by atoms with van der Waals surface area (Å²) in [4.78, 5) is 15.0. The van der Waals surface area contributed by atoms with Crippen LogP contribution in [0.4, 0.5) is 5.69 Å². The van der Waals surface area contributed by atoms with Crippen LogP contribution in [0.3, 0.4) is 0 Å². The quantitative estimate of drug-likeness (QED) is 0.232. The Hall–Kier alpha value is -4.02. The van der Waals surface area contributed by atoms with Crippen molar-refractivity contribution in [3.8, 4) is 28.7 Å². The van der Waals surface area contributed by atoms with Crippen molar-refractivity contribution >= 4 is 28.7 Å². The first kappa shape index (κ1) is 18.3. The zero-order valence-corrected chi connectivity index (χ0v) is 15.8. The number of furan rings is 1. The van der Waals surface area contributed by atoms with Crippen LogP contribution < -0.4 is 0 Å². The molecule has 0 aliphatic carbocycles. The summed E-state index contributed by atoms with van der Waals surface area (Å²) in [5.41, 5.74) is 2.52. The van der Waals surface area contributed by atoms with E-state index in [0.29, 0.717) is 33.4 Å². The van der Waals surface area contributed by atoms with Gasteiger partial charge in [0.1, 0.15) is 22.6 Å². The molecule has 7 heteroatoms. The zero-order chi connectivity index (χ0) is 20.2. The summed E-state index contributed by atoms with van der Waals surface area (Å²) in [6.07, 6.45) is 1.64. The van der Waals surface area contributed by atoms with E-state index in [2.05, 4.69) is 11.1 Å². The standard InChI is InChI=1S/C22H13N3O3S/c23-13-17(12-19-9-10-21(28-19)15-5-2-1-3-6-15)22-24-20(14-29-22)16-7-4-8-18(11-16)25(26)27/h1-12,14H/b17-12+. The van der Waals surface area contributed by atoms with Gasteiger partial charge in [-0.2, -0.15) is 5.26 Å². The van der Waals surface area contributed by atoms with Gasteiger partial charge in [-0.05, 0) is 12.1 Å². The molecule has 0 bridgehead atoms. The third-order valence-corrected chi connectivity index (χ3v) is 5.06. The molecule has 0 aliphatic rings. The Labute approximate surface area is 170 Å². The first-order chi connectivity index (χ1) is 14.1. The van der Waals surface area contributed by atoms with Gasteiger partial charge in [0.2, 0.25) is 0 Å².